The lowest BCUT2D eigenvalue weighted by atomic mass is 9.98. The summed E-state index contributed by atoms with van der Waals surface area (Å²) in [6, 6.07) is 8.57. The molecule has 0 amide bonds. The van der Waals surface area contributed by atoms with Crippen LogP contribution in [0.1, 0.15) is 45.1 Å². The first kappa shape index (κ1) is 16.0. The Morgan fingerprint density at radius 3 is 2.70 bits per heavy atom. The number of rotatable bonds is 7. The normalized spacial score (nSPS) is 17.2. The molecule has 0 heterocycles. The minimum absolute atomic E-state index is 0.140. The maximum atomic E-state index is 5.92. The molecule has 0 spiro atoms. The fourth-order valence-corrected chi connectivity index (χ4v) is 2.54. The zero-order valence-electron chi connectivity index (χ0n) is 12.8. The molecule has 20 heavy (non-hydrogen) atoms. The van der Waals surface area contributed by atoms with E-state index in [-0.39, 0.29) is 5.54 Å². The Labute approximate surface area is 131 Å². The molecule has 3 heteroatoms. The van der Waals surface area contributed by atoms with Crippen LogP contribution in [0.2, 0.25) is 0 Å². The van der Waals surface area contributed by atoms with E-state index in [1.54, 1.807) is 0 Å². The van der Waals surface area contributed by atoms with Gasteiger partial charge in [-0.25, -0.2) is 0 Å². The second kappa shape index (κ2) is 7.06. The zero-order valence-corrected chi connectivity index (χ0v) is 14.4. The van der Waals surface area contributed by atoms with Gasteiger partial charge in [0.15, 0.2) is 0 Å². The van der Waals surface area contributed by atoms with Crippen LogP contribution in [0, 0.1) is 5.92 Å². The van der Waals surface area contributed by atoms with Crippen LogP contribution in [0.4, 0.5) is 0 Å². The summed E-state index contributed by atoms with van der Waals surface area (Å²) in [4.78, 5) is 0. The van der Waals surface area contributed by atoms with Gasteiger partial charge in [0.2, 0.25) is 0 Å². The molecule has 0 bridgehead atoms. The zero-order chi connectivity index (χ0) is 14.6. The molecule has 2 nitrogen and oxygen atoms in total. The van der Waals surface area contributed by atoms with E-state index in [0.717, 1.165) is 30.1 Å². The van der Waals surface area contributed by atoms with Gasteiger partial charge in [-0.2, -0.15) is 0 Å². The van der Waals surface area contributed by atoms with Gasteiger partial charge in [-0.1, -0.05) is 28.1 Å². The predicted molar refractivity (Wildman–Crippen MR) is 88.2 cm³/mol. The third-order valence-electron chi connectivity index (χ3n) is 3.57. The van der Waals surface area contributed by atoms with Crippen molar-refractivity contribution in [1.82, 2.24) is 5.32 Å². The number of hydrogen-bond donors (Lipinski definition) is 1. The van der Waals surface area contributed by atoms with E-state index >= 15 is 0 Å². The highest BCUT2D eigenvalue weighted by molar-refractivity contribution is 9.10. The van der Waals surface area contributed by atoms with Crippen molar-refractivity contribution in [3.8, 4) is 0 Å². The lowest BCUT2D eigenvalue weighted by Gasteiger charge is -2.25. The molecular weight excluding hydrogens is 314 g/mol. The summed E-state index contributed by atoms with van der Waals surface area (Å²) in [6.45, 7) is 9.29. The first-order chi connectivity index (χ1) is 9.44. The molecule has 1 unspecified atom stereocenters. The maximum absolute atomic E-state index is 5.92. The number of halogens is 1. The van der Waals surface area contributed by atoms with Crippen LogP contribution in [-0.4, -0.2) is 25.3 Å². The van der Waals surface area contributed by atoms with Crippen LogP contribution in [0.25, 0.3) is 0 Å². The Kier molecular flexibility index (Phi) is 5.65. The van der Waals surface area contributed by atoms with Gasteiger partial charge in [0.1, 0.15) is 0 Å². The number of ether oxygens (including phenoxy) is 1. The van der Waals surface area contributed by atoms with E-state index in [9.17, 15) is 0 Å². The summed E-state index contributed by atoms with van der Waals surface area (Å²) < 4.78 is 7.06. The molecule has 1 aromatic carbocycles. The van der Waals surface area contributed by atoms with Crippen LogP contribution in [0.3, 0.4) is 0 Å². The Morgan fingerprint density at radius 2 is 2.10 bits per heavy atom. The monoisotopic (exact) mass is 339 g/mol. The molecule has 112 valence electrons. The minimum atomic E-state index is 0.140. The molecular formula is C17H26BrNO. The van der Waals surface area contributed by atoms with Crippen molar-refractivity contribution >= 4 is 15.9 Å². The van der Waals surface area contributed by atoms with Crippen LogP contribution in [0.5, 0.6) is 0 Å². The van der Waals surface area contributed by atoms with E-state index in [1.807, 2.05) is 0 Å². The average molecular weight is 340 g/mol. The Balaban J connectivity index is 1.94. The molecule has 2 rings (SSSR count). The highest BCUT2D eigenvalue weighted by Gasteiger charge is 2.22. The third kappa shape index (κ3) is 5.94. The summed E-state index contributed by atoms with van der Waals surface area (Å²) in [5.74, 6) is 1.24. The smallest absolute Gasteiger partial charge is 0.0547 e. The van der Waals surface area contributed by atoms with E-state index in [1.165, 1.54) is 18.4 Å². The molecule has 0 aliphatic heterocycles. The van der Waals surface area contributed by atoms with Gasteiger partial charge in [0.05, 0.1) is 6.61 Å². The molecule has 1 fully saturated rings. The summed E-state index contributed by atoms with van der Waals surface area (Å²) in [5, 5.41) is 3.60. The van der Waals surface area contributed by atoms with Crippen molar-refractivity contribution in [1.29, 1.82) is 0 Å². The van der Waals surface area contributed by atoms with Gasteiger partial charge in [-0.15, -0.1) is 0 Å². The highest BCUT2D eigenvalue weighted by atomic mass is 79.9. The molecule has 1 aromatic rings. The highest BCUT2D eigenvalue weighted by Crippen LogP contribution is 2.29. The van der Waals surface area contributed by atoms with Gasteiger partial charge in [0, 0.05) is 29.1 Å². The first-order valence-corrected chi connectivity index (χ1v) is 8.31. The number of hydrogen-bond acceptors (Lipinski definition) is 2. The second-order valence-electron chi connectivity index (χ2n) is 6.86. The number of benzene rings is 1. The van der Waals surface area contributed by atoms with Crippen molar-refractivity contribution in [3.05, 3.63) is 34.3 Å². The summed E-state index contributed by atoms with van der Waals surface area (Å²) in [5.41, 5.74) is 1.48. The standard InChI is InChI=1S/C17H26BrNO/c1-17(2,3)19-10-15(12-20-11-13-7-8-13)14-5-4-6-16(18)9-14/h4-6,9,13,15,19H,7-8,10-12H2,1-3H3. The van der Waals surface area contributed by atoms with Crippen LogP contribution in [0.15, 0.2) is 28.7 Å². The van der Waals surface area contributed by atoms with E-state index in [2.05, 4.69) is 66.3 Å². The Morgan fingerprint density at radius 1 is 1.35 bits per heavy atom. The van der Waals surface area contributed by atoms with E-state index in [4.69, 9.17) is 4.74 Å². The summed E-state index contributed by atoms with van der Waals surface area (Å²) in [6.07, 6.45) is 2.70. The van der Waals surface area contributed by atoms with Crippen molar-refractivity contribution in [2.24, 2.45) is 5.92 Å². The molecule has 0 aromatic heterocycles. The van der Waals surface area contributed by atoms with Gasteiger partial charge in [-0.05, 0) is 57.2 Å². The fraction of sp³-hybridized carbons (Fsp3) is 0.647. The van der Waals surface area contributed by atoms with Gasteiger partial charge < -0.3 is 10.1 Å². The molecule has 0 saturated heterocycles. The summed E-state index contributed by atoms with van der Waals surface area (Å²) >= 11 is 3.56. The van der Waals surface area contributed by atoms with Crippen molar-refractivity contribution in [2.45, 2.75) is 45.1 Å². The Hall–Kier alpha value is -0.380. The van der Waals surface area contributed by atoms with E-state index < -0.39 is 0 Å². The SMILES string of the molecule is CC(C)(C)NCC(COCC1CC1)c1cccc(Br)c1. The molecule has 0 radical (unpaired) electrons. The van der Waals surface area contributed by atoms with Crippen LogP contribution >= 0.6 is 15.9 Å². The van der Waals surface area contributed by atoms with Crippen molar-refractivity contribution < 1.29 is 4.74 Å². The van der Waals surface area contributed by atoms with Crippen LogP contribution in [-0.2, 0) is 4.74 Å². The molecule has 1 atom stereocenters. The third-order valence-corrected chi connectivity index (χ3v) is 4.06. The molecule has 1 N–H and O–H groups in total. The molecule has 1 saturated carbocycles. The lowest BCUT2D eigenvalue weighted by molar-refractivity contribution is 0.108. The first-order valence-electron chi connectivity index (χ1n) is 7.52. The van der Waals surface area contributed by atoms with Gasteiger partial charge >= 0.3 is 0 Å². The second-order valence-corrected chi connectivity index (χ2v) is 7.78. The average Bonchev–Trinajstić information content (AvgIpc) is 3.16. The quantitative estimate of drug-likeness (QED) is 0.797. The maximum Gasteiger partial charge on any atom is 0.0547 e. The number of nitrogens with one attached hydrogen (secondary N) is 1. The van der Waals surface area contributed by atoms with Crippen LogP contribution < -0.4 is 5.32 Å². The van der Waals surface area contributed by atoms with Crippen molar-refractivity contribution in [2.75, 3.05) is 19.8 Å². The van der Waals surface area contributed by atoms with Gasteiger partial charge in [0.25, 0.3) is 0 Å². The van der Waals surface area contributed by atoms with Gasteiger partial charge in [-0.3, -0.25) is 0 Å². The lowest BCUT2D eigenvalue weighted by Crippen LogP contribution is -2.39. The largest absolute Gasteiger partial charge is 0.380 e. The van der Waals surface area contributed by atoms with Crippen molar-refractivity contribution in [3.63, 3.8) is 0 Å². The topological polar surface area (TPSA) is 21.3 Å². The minimum Gasteiger partial charge on any atom is -0.380 e. The molecule has 1 aliphatic carbocycles. The van der Waals surface area contributed by atoms with E-state index in [0.29, 0.717) is 5.92 Å². The predicted octanol–water partition coefficient (Wildman–Crippen LogP) is 4.35. The molecule has 1 aliphatic rings. The Bertz CT molecular complexity index is 423. The fourth-order valence-electron chi connectivity index (χ4n) is 2.12. The summed E-state index contributed by atoms with van der Waals surface area (Å²) in [7, 11) is 0.